The molecule has 1 aliphatic rings. The summed E-state index contributed by atoms with van der Waals surface area (Å²) in [5.41, 5.74) is 2.67. The standard InChI is InChI=1S/C22H27N5O2/c1-4-18-23-20(26-13-9-10-16(14-26)22(28)29-5-2)19-15(3)25-27(21(19)24-18)17-11-7-6-8-12-17/h6-8,11-12,16H,4-5,9-10,13-14H2,1-3H3/t16-/m1/s1. The Morgan fingerprint density at radius 1 is 1.21 bits per heavy atom. The number of aromatic nitrogens is 4. The minimum atomic E-state index is -0.122. The van der Waals surface area contributed by atoms with Crippen molar-refractivity contribution in [1.29, 1.82) is 0 Å². The normalized spacial score (nSPS) is 16.9. The maximum atomic E-state index is 12.3. The number of anilines is 1. The van der Waals surface area contributed by atoms with E-state index in [2.05, 4.69) is 11.8 Å². The van der Waals surface area contributed by atoms with E-state index in [1.807, 2.05) is 48.9 Å². The van der Waals surface area contributed by atoms with Gasteiger partial charge in [-0.2, -0.15) is 5.10 Å². The van der Waals surface area contributed by atoms with Crippen LogP contribution in [0.1, 0.15) is 38.2 Å². The van der Waals surface area contributed by atoms with Crippen molar-refractivity contribution >= 4 is 22.8 Å². The van der Waals surface area contributed by atoms with Crippen LogP contribution in [0.4, 0.5) is 5.82 Å². The molecule has 0 radical (unpaired) electrons. The lowest BCUT2D eigenvalue weighted by atomic mass is 9.98. The molecule has 7 heteroatoms. The van der Waals surface area contributed by atoms with E-state index in [4.69, 9.17) is 19.8 Å². The molecule has 1 atom stereocenters. The fraction of sp³-hybridized carbons (Fsp3) is 0.455. The van der Waals surface area contributed by atoms with E-state index in [0.29, 0.717) is 13.2 Å². The third-order valence-electron chi connectivity index (χ3n) is 5.39. The first-order valence-corrected chi connectivity index (χ1v) is 10.4. The molecule has 0 N–H and O–H groups in total. The maximum absolute atomic E-state index is 12.3. The Morgan fingerprint density at radius 2 is 2.00 bits per heavy atom. The fourth-order valence-electron chi connectivity index (χ4n) is 3.96. The second-order valence-electron chi connectivity index (χ2n) is 7.39. The average Bonchev–Trinajstić information content (AvgIpc) is 3.10. The summed E-state index contributed by atoms with van der Waals surface area (Å²) in [7, 11) is 0. The van der Waals surface area contributed by atoms with Gasteiger partial charge in [0.15, 0.2) is 5.65 Å². The van der Waals surface area contributed by atoms with Crippen LogP contribution in [0.25, 0.3) is 16.7 Å². The van der Waals surface area contributed by atoms with E-state index < -0.39 is 0 Å². The lowest BCUT2D eigenvalue weighted by molar-refractivity contribution is -0.148. The van der Waals surface area contributed by atoms with Crippen LogP contribution in [-0.4, -0.2) is 45.4 Å². The summed E-state index contributed by atoms with van der Waals surface area (Å²) in [5.74, 6) is 1.42. The molecule has 3 heterocycles. The summed E-state index contributed by atoms with van der Waals surface area (Å²) in [6.07, 6.45) is 2.52. The van der Waals surface area contributed by atoms with Crippen molar-refractivity contribution in [2.45, 2.75) is 40.0 Å². The molecule has 0 unspecified atom stereocenters. The van der Waals surface area contributed by atoms with Crippen molar-refractivity contribution in [3.8, 4) is 5.69 Å². The number of rotatable bonds is 5. The van der Waals surface area contributed by atoms with Gasteiger partial charge in [0.05, 0.1) is 29.3 Å². The molecule has 1 fully saturated rings. The maximum Gasteiger partial charge on any atom is 0.310 e. The minimum absolute atomic E-state index is 0.116. The third kappa shape index (κ3) is 3.69. The molecule has 0 aliphatic carbocycles. The first kappa shape index (κ1) is 19.4. The Hall–Kier alpha value is -2.96. The molecule has 1 saturated heterocycles. The number of hydrogen-bond acceptors (Lipinski definition) is 6. The Bertz CT molecular complexity index is 1010. The number of benzene rings is 1. The summed E-state index contributed by atoms with van der Waals surface area (Å²) >= 11 is 0. The van der Waals surface area contributed by atoms with Gasteiger partial charge in [0.1, 0.15) is 11.6 Å². The Labute approximate surface area is 170 Å². The number of hydrogen-bond donors (Lipinski definition) is 0. The highest BCUT2D eigenvalue weighted by Gasteiger charge is 2.30. The largest absolute Gasteiger partial charge is 0.466 e. The highest BCUT2D eigenvalue weighted by Crippen LogP contribution is 2.32. The molecule has 7 nitrogen and oxygen atoms in total. The van der Waals surface area contributed by atoms with Crippen molar-refractivity contribution in [2.24, 2.45) is 5.92 Å². The van der Waals surface area contributed by atoms with Crippen molar-refractivity contribution in [3.63, 3.8) is 0 Å². The van der Waals surface area contributed by atoms with E-state index >= 15 is 0 Å². The van der Waals surface area contributed by atoms with E-state index in [1.54, 1.807) is 0 Å². The van der Waals surface area contributed by atoms with Gasteiger partial charge in [-0.25, -0.2) is 14.6 Å². The molecule has 0 saturated carbocycles. The zero-order chi connectivity index (χ0) is 20.4. The van der Waals surface area contributed by atoms with Gasteiger partial charge in [0.25, 0.3) is 0 Å². The van der Waals surface area contributed by atoms with Gasteiger partial charge < -0.3 is 9.64 Å². The number of esters is 1. The first-order chi connectivity index (χ1) is 14.1. The van der Waals surface area contributed by atoms with Crippen LogP contribution in [0.2, 0.25) is 0 Å². The molecule has 0 amide bonds. The molecule has 1 aromatic carbocycles. The van der Waals surface area contributed by atoms with Crippen LogP contribution in [-0.2, 0) is 16.0 Å². The predicted octanol–water partition coefficient (Wildman–Crippen LogP) is 3.47. The van der Waals surface area contributed by atoms with E-state index in [9.17, 15) is 4.79 Å². The van der Waals surface area contributed by atoms with Gasteiger partial charge in [0, 0.05) is 19.5 Å². The quantitative estimate of drug-likeness (QED) is 0.618. The van der Waals surface area contributed by atoms with Crippen LogP contribution in [0.15, 0.2) is 30.3 Å². The number of piperidine rings is 1. The van der Waals surface area contributed by atoms with Crippen molar-refractivity contribution in [1.82, 2.24) is 19.7 Å². The second-order valence-corrected chi connectivity index (χ2v) is 7.39. The van der Waals surface area contributed by atoms with Crippen molar-refractivity contribution in [3.05, 3.63) is 41.9 Å². The molecule has 152 valence electrons. The summed E-state index contributed by atoms with van der Waals surface area (Å²) in [6.45, 7) is 7.79. The molecule has 3 aromatic rings. The highest BCUT2D eigenvalue weighted by atomic mass is 16.5. The predicted molar refractivity (Wildman–Crippen MR) is 112 cm³/mol. The van der Waals surface area contributed by atoms with E-state index in [1.165, 1.54) is 0 Å². The summed E-state index contributed by atoms with van der Waals surface area (Å²) in [6, 6.07) is 10.0. The van der Waals surface area contributed by atoms with Gasteiger partial charge in [0.2, 0.25) is 0 Å². The van der Waals surface area contributed by atoms with Gasteiger partial charge >= 0.3 is 5.97 Å². The summed E-state index contributed by atoms with van der Waals surface area (Å²) < 4.78 is 7.16. The molecular formula is C22H27N5O2. The zero-order valence-corrected chi connectivity index (χ0v) is 17.3. The number of para-hydroxylation sites is 1. The van der Waals surface area contributed by atoms with Crippen molar-refractivity contribution in [2.75, 3.05) is 24.6 Å². The number of aryl methyl sites for hydroxylation is 2. The van der Waals surface area contributed by atoms with E-state index in [0.717, 1.165) is 59.9 Å². The minimum Gasteiger partial charge on any atom is -0.466 e. The highest BCUT2D eigenvalue weighted by molar-refractivity contribution is 5.91. The summed E-state index contributed by atoms with van der Waals surface area (Å²) in [5, 5.41) is 5.72. The van der Waals surface area contributed by atoms with Crippen LogP contribution < -0.4 is 4.90 Å². The molecule has 4 rings (SSSR count). The summed E-state index contributed by atoms with van der Waals surface area (Å²) in [4.78, 5) is 24.2. The molecule has 29 heavy (non-hydrogen) atoms. The van der Waals surface area contributed by atoms with Crippen LogP contribution in [0, 0.1) is 12.8 Å². The van der Waals surface area contributed by atoms with Gasteiger partial charge in [-0.1, -0.05) is 25.1 Å². The number of carbonyl (C=O) groups excluding carboxylic acids is 1. The number of ether oxygens (including phenoxy) is 1. The Kier molecular flexibility index (Phi) is 5.47. The molecular weight excluding hydrogens is 366 g/mol. The zero-order valence-electron chi connectivity index (χ0n) is 17.3. The van der Waals surface area contributed by atoms with E-state index in [-0.39, 0.29) is 11.9 Å². The SMILES string of the molecule is CCOC(=O)[C@@H]1CCCN(c2nc(CC)nc3c2c(C)nn3-c2ccccc2)C1. The number of carbonyl (C=O) groups is 1. The Morgan fingerprint density at radius 3 is 2.72 bits per heavy atom. The average molecular weight is 393 g/mol. The molecule has 0 bridgehead atoms. The van der Waals surface area contributed by atoms with Crippen molar-refractivity contribution < 1.29 is 9.53 Å². The van der Waals surface area contributed by atoms with Gasteiger partial charge in [-0.05, 0) is 38.8 Å². The Balaban J connectivity index is 1.80. The number of nitrogens with zero attached hydrogens (tertiary/aromatic N) is 5. The lowest BCUT2D eigenvalue weighted by Gasteiger charge is -2.32. The fourth-order valence-corrected chi connectivity index (χ4v) is 3.96. The topological polar surface area (TPSA) is 73.1 Å². The van der Waals surface area contributed by atoms with Crippen LogP contribution in [0.3, 0.4) is 0 Å². The monoisotopic (exact) mass is 393 g/mol. The smallest absolute Gasteiger partial charge is 0.310 e. The molecule has 1 aliphatic heterocycles. The molecule has 2 aromatic heterocycles. The third-order valence-corrected chi connectivity index (χ3v) is 5.39. The first-order valence-electron chi connectivity index (χ1n) is 10.4. The van der Waals surface area contributed by atoms with Gasteiger partial charge in [-0.3, -0.25) is 4.79 Å². The molecule has 0 spiro atoms. The van der Waals surface area contributed by atoms with Crippen LogP contribution in [0.5, 0.6) is 0 Å². The number of fused-ring (bicyclic) bond motifs is 1. The second kappa shape index (κ2) is 8.19. The van der Waals surface area contributed by atoms with Crippen LogP contribution >= 0.6 is 0 Å². The van der Waals surface area contributed by atoms with Gasteiger partial charge in [-0.15, -0.1) is 0 Å². The lowest BCUT2D eigenvalue weighted by Crippen LogP contribution is -2.40.